The standard InChI is InChI=1S/C13H17N5O/c1-13(5-6-14-9-13)12(19)15-8-11-17-16-10-4-2-3-7-18(10)11/h2-4,7,14H,5-6,8-9H2,1H3,(H,15,19). The van der Waals surface area contributed by atoms with Gasteiger partial charge >= 0.3 is 0 Å². The second-order valence-electron chi connectivity index (χ2n) is 5.22. The number of hydrogen-bond acceptors (Lipinski definition) is 4. The third kappa shape index (κ3) is 2.19. The lowest BCUT2D eigenvalue weighted by molar-refractivity contribution is -0.129. The van der Waals surface area contributed by atoms with Gasteiger partial charge in [-0.3, -0.25) is 9.20 Å². The number of aromatic nitrogens is 3. The van der Waals surface area contributed by atoms with Crippen LogP contribution in [0.1, 0.15) is 19.2 Å². The molecule has 0 saturated carbocycles. The average molecular weight is 259 g/mol. The molecule has 3 heterocycles. The lowest BCUT2D eigenvalue weighted by atomic mass is 9.89. The fourth-order valence-electron chi connectivity index (χ4n) is 2.39. The minimum atomic E-state index is -0.305. The lowest BCUT2D eigenvalue weighted by Gasteiger charge is -2.21. The van der Waals surface area contributed by atoms with Crippen LogP contribution in [0.2, 0.25) is 0 Å². The summed E-state index contributed by atoms with van der Waals surface area (Å²) < 4.78 is 1.88. The zero-order valence-corrected chi connectivity index (χ0v) is 10.9. The van der Waals surface area contributed by atoms with E-state index in [1.807, 2.05) is 35.7 Å². The number of fused-ring (bicyclic) bond motifs is 1. The Bertz CT molecular complexity index is 600. The van der Waals surface area contributed by atoms with Crippen LogP contribution in [-0.2, 0) is 11.3 Å². The van der Waals surface area contributed by atoms with E-state index in [2.05, 4.69) is 20.8 Å². The molecule has 0 bridgehead atoms. The summed E-state index contributed by atoms with van der Waals surface area (Å²) in [7, 11) is 0. The average Bonchev–Trinajstić information content (AvgIpc) is 3.03. The maximum Gasteiger partial charge on any atom is 0.227 e. The molecule has 1 fully saturated rings. The summed E-state index contributed by atoms with van der Waals surface area (Å²) in [5, 5.41) is 14.3. The minimum absolute atomic E-state index is 0.0742. The van der Waals surface area contributed by atoms with E-state index in [4.69, 9.17) is 0 Å². The van der Waals surface area contributed by atoms with Gasteiger partial charge in [-0.2, -0.15) is 0 Å². The SMILES string of the molecule is CC1(C(=O)NCc2nnc3ccccn23)CCNC1. The zero-order chi connectivity index (χ0) is 13.3. The van der Waals surface area contributed by atoms with Gasteiger partial charge in [0, 0.05) is 12.7 Å². The van der Waals surface area contributed by atoms with Crippen LogP contribution in [0, 0.1) is 5.41 Å². The molecule has 6 heteroatoms. The quantitative estimate of drug-likeness (QED) is 0.834. The molecule has 0 radical (unpaired) electrons. The van der Waals surface area contributed by atoms with Gasteiger partial charge in [0.15, 0.2) is 11.5 Å². The highest BCUT2D eigenvalue weighted by atomic mass is 16.2. The second-order valence-corrected chi connectivity index (χ2v) is 5.22. The smallest absolute Gasteiger partial charge is 0.227 e. The van der Waals surface area contributed by atoms with E-state index in [1.54, 1.807) is 0 Å². The summed E-state index contributed by atoms with van der Waals surface area (Å²) in [5.74, 6) is 0.823. The Labute approximate surface area is 111 Å². The first-order valence-electron chi connectivity index (χ1n) is 6.47. The van der Waals surface area contributed by atoms with Crippen LogP contribution in [-0.4, -0.2) is 33.6 Å². The molecule has 6 nitrogen and oxygen atoms in total. The van der Waals surface area contributed by atoms with Gasteiger partial charge in [-0.15, -0.1) is 10.2 Å². The van der Waals surface area contributed by atoms with Crippen molar-refractivity contribution < 1.29 is 4.79 Å². The van der Waals surface area contributed by atoms with E-state index in [-0.39, 0.29) is 11.3 Å². The van der Waals surface area contributed by atoms with Gasteiger partial charge < -0.3 is 10.6 Å². The number of hydrogen-bond donors (Lipinski definition) is 2. The largest absolute Gasteiger partial charge is 0.348 e. The zero-order valence-electron chi connectivity index (χ0n) is 10.9. The first kappa shape index (κ1) is 12.1. The Hall–Kier alpha value is -1.95. The normalized spacial score (nSPS) is 22.8. The van der Waals surface area contributed by atoms with Crippen molar-refractivity contribution in [3.05, 3.63) is 30.2 Å². The molecule has 19 heavy (non-hydrogen) atoms. The van der Waals surface area contributed by atoms with Crippen LogP contribution < -0.4 is 10.6 Å². The van der Waals surface area contributed by atoms with Gasteiger partial charge in [-0.25, -0.2) is 0 Å². The molecule has 100 valence electrons. The van der Waals surface area contributed by atoms with Crippen molar-refractivity contribution in [2.24, 2.45) is 5.41 Å². The van der Waals surface area contributed by atoms with Gasteiger partial charge in [0.1, 0.15) is 0 Å². The van der Waals surface area contributed by atoms with Gasteiger partial charge in [-0.1, -0.05) is 6.07 Å². The van der Waals surface area contributed by atoms with Gasteiger partial charge in [0.25, 0.3) is 0 Å². The van der Waals surface area contributed by atoms with E-state index < -0.39 is 0 Å². The predicted octanol–water partition coefficient (Wildman–Crippen LogP) is 0.345. The minimum Gasteiger partial charge on any atom is -0.348 e. The van der Waals surface area contributed by atoms with Crippen LogP contribution in [0.25, 0.3) is 5.65 Å². The van der Waals surface area contributed by atoms with Crippen molar-refractivity contribution >= 4 is 11.6 Å². The maximum absolute atomic E-state index is 12.2. The molecule has 2 aromatic heterocycles. The molecule has 0 aromatic carbocycles. The van der Waals surface area contributed by atoms with Crippen LogP contribution >= 0.6 is 0 Å². The number of nitrogens with zero attached hydrogens (tertiary/aromatic N) is 3. The molecule has 0 spiro atoms. The molecule has 3 rings (SSSR count). The third-order valence-electron chi connectivity index (χ3n) is 3.71. The third-order valence-corrected chi connectivity index (χ3v) is 3.71. The molecule has 1 saturated heterocycles. The van der Waals surface area contributed by atoms with E-state index in [0.717, 1.165) is 31.0 Å². The highest BCUT2D eigenvalue weighted by Gasteiger charge is 2.36. The fourth-order valence-corrected chi connectivity index (χ4v) is 2.39. The molecular weight excluding hydrogens is 242 g/mol. The molecule has 0 aliphatic carbocycles. The van der Waals surface area contributed by atoms with Gasteiger partial charge in [0.2, 0.25) is 5.91 Å². The van der Waals surface area contributed by atoms with Gasteiger partial charge in [-0.05, 0) is 32.0 Å². The summed E-state index contributed by atoms with van der Waals surface area (Å²) in [5.41, 5.74) is 0.487. The Balaban J connectivity index is 1.71. The van der Waals surface area contributed by atoms with Crippen molar-refractivity contribution in [1.29, 1.82) is 0 Å². The van der Waals surface area contributed by atoms with E-state index >= 15 is 0 Å². The topological polar surface area (TPSA) is 71.3 Å². The van der Waals surface area contributed by atoms with E-state index in [0.29, 0.717) is 6.54 Å². The number of carbonyl (C=O) groups is 1. The van der Waals surface area contributed by atoms with Crippen molar-refractivity contribution in [3.63, 3.8) is 0 Å². The molecule has 2 N–H and O–H groups in total. The van der Waals surface area contributed by atoms with E-state index in [9.17, 15) is 4.79 Å². The van der Waals surface area contributed by atoms with Crippen molar-refractivity contribution in [2.45, 2.75) is 19.9 Å². The molecule has 1 atom stereocenters. The number of amides is 1. The summed E-state index contributed by atoms with van der Waals surface area (Å²) >= 11 is 0. The van der Waals surface area contributed by atoms with Crippen LogP contribution in [0.15, 0.2) is 24.4 Å². The maximum atomic E-state index is 12.2. The molecule has 1 unspecified atom stereocenters. The summed E-state index contributed by atoms with van der Waals surface area (Å²) in [6.07, 6.45) is 2.77. The number of nitrogens with one attached hydrogen (secondary N) is 2. The van der Waals surface area contributed by atoms with Crippen molar-refractivity contribution in [1.82, 2.24) is 25.2 Å². The van der Waals surface area contributed by atoms with Crippen LogP contribution in [0.5, 0.6) is 0 Å². The molecule has 1 aliphatic rings. The first-order valence-corrected chi connectivity index (χ1v) is 6.47. The van der Waals surface area contributed by atoms with Crippen molar-refractivity contribution in [3.8, 4) is 0 Å². The van der Waals surface area contributed by atoms with Crippen LogP contribution in [0.4, 0.5) is 0 Å². The molecule has 1 amide bonds. The number of carbonyl (C=O) groups excluding carboxylic acids is 1. The first-order chi connectivity index (χ1) is 9.19. The number of rotatable bonds is 3. The Morgan fingerprint density at radius 1 is 1.53 bits per heavy atom. The lowest BCUT2D eigenvalue weighted by Crippen LogP contribution is -2.40. The summed E-state index contributed by atoms with van der Waals surface area (Å²) in [6, 6.07) is 5.72. The molecule has 1 aliphatic heterocycles. The van der Waals surface area contributed by atoms with Crippen molar-refractivity contribution in [2.75, 3.05) is 13.1 Å². The second kappa shape index (κ2) is 4.62. The van der Waals surface area contributed by atoms with Crippen LogP contribution in [0.3, 0.4) is 0 Å². The predicted molar refractivity (Wildman–Crippen MR) is 70.4 cm³/mol. The Morgan fingerprint density at radius 3 is 3.21 bits per heavy atom. The molecule has 2 aromatic rings. The Kier molecular flexibility index (Phi) is 2.94. The fraction of sp³-hybridized carbons (Fsp3) is 0.462. The summed E-state index contributed by atoms with van der Waals surface area (Å²) in [4.78, 5) is 12.2. The Morgan fingerprint density at radius 2 is 2.42 bits per heavy atom. The van der Waals surface area contributed by atoms with E-state index in [1.165, 1.54) is 0 Å². The monoisotopic (exact) mass is 259 g/mol. The number of pyridine rings is 1. The summed E-state index contributed by atoms with van der Waals surface area (Å²) in [6.45, 7) is 4.03. The highest BCUT2D eigenvalue weighted by molar-refractivity contribution is 5.82. The highest BCUT2D eigenvalue weighted by Crippen LogP contribution is 2.24. The molecular formula is C13H17N5O. The van der Waals surface area contributed by atoms with Gasteiger partial charge in [0.05, 0.1) is 12.0 Å².